The maximum absolute atomic E-state index is 12.0. The van der Waals surface area contributed by atoms with E-state index < -0.39 is 25.5 Å². The normalized spacial score (nSPS) is 16.7. The van der Waals surface area contributed by atoms with Crippen LogP contribution >= 0.6 is 8.53 Å². The van der Waals surface area contributed by atoms with Gasteiger partial charge in [0.15, 0.2) is 5.60 Å². The molecule has 32 heavy (non-hydrogen) atoms. The number of nitrogens with two attached hydrogens (primary N) is 1. The second-order valence-corrected chi connectivity index (χ2v) is 8.15. The Labute approximate surface area is 190 Å². The minimum atomic E-state index is -2.73. The smallest absolute Gasteiger partial charge is 0.315 e. The Kier molecular flexibility index (Phi) is 7.80. The minimum Gasteiger partial charge on any atom is -0.796 e. The summed E-state index contributed by atoms with van der Waals surface area (Å²) in [6.45, 7) is 1.85. The molecule has 3 aromatic rings. The average molecular weight is 454 g/mol. The van der Waals surface area contributed by atoms with Crippen LogP contribution in [0.3, 0.4) is 0 Å². The fraction of sp³-hybridized carbons (Fsp3) is 0.280. The zero-order valence-corrected chi connectivity index (χ0v) is 19.4. The van der Waals surface area contributed by atoms with Gasteiger partial charge in [-0.25, -0.2) is 0 Å². The molecule has 0 aliphatic heterocycles. The lowest BCUT2D eigenvalue weighted by Crippen LogP contribution is -2.69. The van der Waals surface area contributed by atoms with Gasteiger partial charge >= 0.3 is 5.97 Å². The van der Waals surface area contributed by atoms with Crippen molar-refractivity contribution in [3.8, 4) is 0 Å². The molecule has 0 amide bonds. The van der Waals surface area contributed by atoms with Gasteiger partial charge in [0.05, 0.1) is 5.41 Å². The Balaban J connectivity index is 2.55. The summed E-state index contributed by atoms with van der Waals surface area (Å²) in [5.74, 6) is -2.46. The van der Waals surface area contributed by atoms with Gasteiger partial charge in [-0.3, -0.25) is 5.50 Å². The SMILES string of the molecule is CCC(OC)(C(O)(OC)OP(N)[O-])C(c1ccccc1)(c1ccccc1)c1ccccc1. The van der Waals surface area contributed by atoms with Crippen LogP contribution in [0.15, 0.2) is 91.0 Å². The maximum atomic E-state index is 12.0. The maximum Gasteiger partial charge on any atom is 0.315 e. The number of hydrogen-bond acceptors (Lipinski definition) is 6. The molecule has 0 saturated carbocycles. The first-order valence-electron chi connectivity index (χ1n) is 10.3. The minimum absolute atomic E-state index is 0.218. The van der Waals surface area contributed by atoms with Crippen LogP contribution in [-0.4, -0.2) is 30.9 Å². The van der Waals surface area contributed by atoms with E-state index in [2.05, 4.69) is 0 Å². The van der Waals surface area contributed by atoms with Gasteiger partial charge in [0.2, 0.25) is 0 Å². The van der Waals surface area contributed by atoms with Crippen LogP contribution in [0.1, 0.15) is 30.0 Å². The van der Waals surface area contributed by atoms with E-state index in [1.54, 1.807) is 0 Å². The third kappa shape index (κ3) is 3.89. The van der Waals surface area contributed by atoms with Gasteiger partial charge in [-0.05, 0) is 23.1 Å². The van der Waals surface area contributed by atoms with Gasteiger partial charge in [0.25, 0.3) is 0 Å². The molecule has 0 bridgehead atoms. The van der Waals surface area contributed by atoms with E-state index in [1.807, 2.05) is 97.9 Å². The highest BCUT2D eigenvalue weighted by Crippen LogP contribution is 2.56. The topological polar surface area (TPSA) is 97.0 Å². The largest absolute Gasteiger partial charge is 0.796 e. The highest BCUT2D eigenvalue weighted by molar-refractivity contribution is 7.41. The summed E-state index contributed by atoms with van der Waals surface area (Å²) in [6, 6.07) is 29.0. The highest BCUT2D eigenvalue weighted by atomic mass is 31.2. The van der Waals surface area contributed by atoms with Crippen molar-refractivity contribution >= 4 is 8.53 Å². The number of aliphatic hydroxyl groups is 1. The molecule has 3 aromatic carbocycles. The van der Waals surface area contributed by atoms with E-state index in [0.717, 1.165) is 16.7 Å². The summed E-state index contributed by atoms with van der Waals surface area (Å²) in [5.41, 5.74) is 5.24. The van der Waals surface area contributed by atoms with E-state index >= 15 is 0 Å². The number of methoxy groups -OCH3 is 2. The van der Waals surface area contributed by atoms with E-state index in [4.69, 9.17) is 19.5 Å². The van der Waals surface area contributed by atoms with E-state index in [-0.39, 0.29) is 6.42 Å². The third-order valence-electron chi connectivity index (χ3n) is 6.07. The van der Waals surface area contributed by atoms with Crippen molar-refractivity contribution in [2.75, 3.05) is 14.2 Å². The van der Waals surface area contributed by atoms with E-state index in [0.29, 0.717) is 0 Å². The van der Waals surface area contributed by atoms with Gasteiger partial charge in [-0.2, -0.15) is 0 Å². The standard InChI is InChI=1S/C25H29NO5P/c1-4-23(29-2,25(27,30-3)31-32(26)28)24(20-14-8-5-9-15-20,21-16-10-6-11-17-21)22-18-12-7-13-19-22/h5-19,27H,4,26H2,1-3H3/q-1. The predicted octanol–water partition coefficient (Wildman–Crippen LogP) is 3.67. The summed E-state index contributed by atoms with van der Waals surface area (Å²) in [4.78, 5) is 12.0. The van der Waals surface area contributed by atoms with Crippen LogP contribution in [0.2, 0.25) is 0 Å². The number of ether oxygens (including phenoxy) is 2. The first-order valence-corrected chi connectivity index (χ1v) is 11.6. The van der Waals surface area contributed by atoms with Gasteiger partial charge in [0.1, 0.15) is 0 Å². The fourth-order valence-corrected chi connectivity index (χ4v) is 5.28. The van der Waals surface area contributed by atoms with Crippen LogP contribution in [0.4, 0.5) is 0 Å². The molecule has 0 aromatic heterocycles. The van der Waals surface area contributed by atoms with E-state index in [9.17, 15) is 10.00 Å². The molecule has 0 fully saturated rings. The van der Waals surface area contributed by atoms with Crippen molar-refractivity contribution in [2.45, 2.75) is 30.3 Å². The molecule has 6 nitrogen and oxygen atoms in total. The third-order valence-corrected chi connectivity index (χ3v) is 6.50. The lowest BCUT2D eigenvalue weighted by Gasteiger charge is -2.56. The molecule has 0 aliphatic carbocycles. The number of rotatable bonds is 10. The Hall–Kier alpha value is -2.15. The van der Waals surface area contributed by atoms with Gasteiger partial charge < -0.3 is 24.0 Å². The lowest BCUT2D eigenvalue weighted by atomic mass is 9.57. The van der Waals surface area contributed by atoms with Gasteiger partial charge in [-0.1, -0.05) is 97.9 Å². The Morgan fingerprint density at radius 1 is 0.781 bits per heavy atom. The van der Waals surface area contributed by atoms with Crippen molar-refractivity contribution in [1.29, 1.82) is 0 Å². The Morgan fingerprint density at radius 3 is 1.41 bits per heavy atom. The highest BCUT2D eigenvalue weighted by Gasteiger charge is 2.67. The van der Waals surface area contributed by atoms with Crippen molar-refractivity contribution in [2.24, 2.45) is 5.50 Å². The van der Waals surface area contributed by atoms with Crippen LogP contribution in [0, 0.1) is 0 Å². The van der Waals surface area contributed by atoms with Crippen molar-refractivity contribution < 1.29 is 24.0 Å². The Bertz CT molecular complexity index is 871. The predicted molar refractivity (Wildman–Crippen MR) is 123 cm³/mol. The molecule has 0 aliphatic rings. The quantitative estimate of drug-likeness (QED) is 0.276. The summed E-state index contributed by atoms with van der Waals surface area (Å²) in [6.07, 6.45) is 0.218. The summed E-state index contributed by atoms with van der Waals surface area (Å²) in [7, 11) is 0.0192. The molecule has 7 heteroatoms. The zero-order chi connectivity index (χ0) is 23.2. The monoisotopic (exact) mass is 454 g/mol. The molecule has 0 radical (unpaired) electrons. The van der Waals surface area contributed by atoms with E-state index in [1.165, 1.54) is 14.2 Å². The zero-order valence-electron chi connectivity index (χ0n) is 18.5. The van der Waals surface area contributed by atoms with Crippen LogP contribution in [0.25, 0.3) is 0 Å². The summed E-state index contributed by atoms with van der Waals surface area (Å²) < 4.78 is 17.1. The molecule has 3 N–H and O–H groups in total. The van der Waals surface area contributed by atoms with Crippen LogP contribution in [-0.2, 0) is 19.4 Å². The molecular formula is C25H29NO5P-. The van der Waals surface area contributed by atoms with Crippen LogP contribution in [0.5, 0.6) is 0 Å². The molecule has 170 valence electrons. The second kappa shape index (κ2) is 10.2. The van der Waals surface area contributed by atoms with Gasteiger partial charge in [0, 0.05) is 22.7 Å². The first kappa shape index (κ1) is 24.5. The summed E-state index contributed by atoms with van der Waals surface area (Å²) in [5, 5.41) is 11.8. The second-order valence-electron chi connectivity index (χ2n) is 7.40. The first-order chi connectivity index (χ1) is 15.4. The van der Waals surface area contributed by atoms with Gasteiger partial charge in [-0.15, -0.1) is 0 Å². The summed E-state index contributed by atoms with van der Waals surface area (Å²) >= 11 is 0. The molecule has 0 heterocycles. The molecule has 3 unspecified atom stereocenters. The Morgan fingerprint density at radius 2 is 1.16 bits per heavy atom. The average Bonchev–Trinajstić information content (AvgIpc) is 2.83. The molecular weight excluding hydrogens is 425 g/mol. The van der Waals surface area contributed by atoms with Crippen molar-refractivity contribution in [3.05, 3.63) is 108 Å². The van der Waals surface area contributed by atoms with Crippen LogP contribution < -0.4 is 10.4 Å². The number of benzene rings is 3. The molecule has 3 atom stereocenters. The molecule has 3 rings (SSSR count). The van der Waals surface area contributed by atoms with Crippen molar-refractivity contribution in [3.63, 3.8) is 0 Å². The van der Waals surface area contributed by atoms with Crippen molar-refractivity contribution in [1.82, 2.24) is 0 Å². The fourth-order valence-electron chi connectivity index (χ4n) is 4.81. The molecule has 0 spiro atoms. The number of hydrogen-bond donors (Lipinski definition) is 2. The molecule has 0 saturated heterocycles. The lowest BCUT2D eigenvalue weighted by molar-refractivity contribution is -0.408.